The van der Waals surface area contributed by atoms with Crippen molar-refractivity contribution in [3.8, 4) is 11.1 Å². The molecule has 4 aromatic rings. The quantitative estimate of drug-likeness (QED) is 0.281. The minimum absolute atomic E-state index is 0.0905. The summed E-state index contributed by atoms with van der Waals surface area (Å²) in [7, 11) is 0. The highest BCUT2D eigenvalue weighted by Crippen LogP contribution is 2.34. The van der Waals surface area contributed by atoms with Crippen molar-refractivity contribution in [2.75, 3.05) is 0 Å². The van der Waals surface area contributed by atoms with Gasteiger partial charge < -0.3 is 0 Å². The molecule has 0 aliphatic rings. The number of hydrogen-bond acceptors (Lipinski definition) is 0. The topological polar surface area (TPSA) is 0 Å². The molecular weight excluding hydrogens is 352 g/mol. The highest BCUT2D eigenvalue weighted by molar-refractivity contribution is 5.87. The van der Waals surface area contributed by atoms with E-state index in [1.165, 1.54) is 12.1 Å². The van der Waals surface area contributed by atoms with Crippen LogP contribution < -0.4 is 0 Å². The lowest BCUT2D eigenvalue weighted by atomic mass is 9.96. The predicted molar refractivity (Wildman–Crippen MR) is 98.5 cm³/mol. The van der Waals surface area contributed by atoms with Gasteiger partial charge in [0.15, 0.2) is 23.3 Å². The minimum Gasteiger partial charge on any atom is -0.203 e. The Bertz CT molecular complexity index is 1100. The lowest BCUT2D eigenvalue weighted by Gasteiger charge is -2.13. The number of benzene rings is 4. The summed E-state index contributed by atoms with van der Waals surface area (Å²) in [4.78, 5) is 0. The fraction of sp³-hybridized carbons (Fsp3) is 0.0435. The number of halogens is 4. The van der Waals surface area contributed by atoms with Crippen LogP contribution in [0.3, 0.4) is 0 Å². The predicted octanol–water partition coefficient (Wildman–Crippen LogP) is 6.65. The molecular formula is C23H14F4. The van der Waals surface area contributed by atoms with E-state index in [4.69, 9.17) is 0 Å². The molecule has 4 heteroatoms. The van der Waals surface area contributed by atoms with E-state index >= 15 is 0 Å². The van der Waals surface area contributed by atoms with Gasteiger partial charge in [-0.3, -0.25) is 0 Å². The molecule has 0 nitrogen and oxygen atoms in total. The third-order valence-corrected chi connectivity index (χ3v) is 4.62. The van der Waals surface area contributed by atoms with Gasteiger partial charge in [-0.2, -0.15) is 0 Å². The zero-order valence-corrected chi connectivity index (χ0v) is 14.1. The molecule has 27 heavy (non-hydrogen) atoms. The smallest absolute Gasteiger partial charge is 0.170 e. The largest absolute Gasteiger partial charge is 0.203 e. The summed E-state index contributed by atoms with van der Waals surface area (Å²) in [5.41, 5.74) is -0.645. The average Bonchev–Trinajstić information content (AvgIpc) is 2.70. The SMILES string of the molecule is Fc1c(F)c(-c2ccc3ccccc3c2)c(F)c(F)c1Cc1ccccc1. The van der Waals surface area contributed by atoms with Crippen molar-refractivity contribution in [1.82, 2.24) is 0 Å². The van der Waals surface area contributed by atoms with E-state index in [1.807, 2.05) is 12.1 Å². The molecule has 0 heterocycles. The molecule has 0 saturated heterocycles. The maximum atomic E-state index is 14.7. The van der Waals surface area contributed by atoms with Crippen LogP contribution in [-0.4, -0.2) is 0 Å². The highest BCUT2D eigenvalue weighted by Gasteiger charge is 2.26. The molecule has 0 aromatic heterocycles. The molecule has 0 aliphatic heterocycles. The Morgan fingerprint density at radius 2 is 1.15 bits per heavy atom. The molecule has 134 valence electrons. The van der Waals surface area contributed by atoms with Crippen LogP contribution >= 0.6 is 0 Å². The van der Waals surface area contributed by atoms with Gasteiger partial charge in [-0.05, 0) is 28.0 Å². The molecule has 0 bridgehead atoms. The Morgan fingerprint density at radius 1 is 0.556 bits per heavy atom. The average molecular weight is 366 g/mol. The maximum absolute atomic E-state index is 14.7. The molecule has 0 aliphatic carbocycles. The summed E-state index contributed by atoms with van der Waals surface area (Å²) < 4.78 is 58.6. The fourth-order valence-electron chi connectivity index (χ4n) is 3.23. The van der Waals surface area contributed by atoms with Crippen LogP contribution in [0, 0.1) is 23.3 Å². The van der Waals surface area contributed by atoms with Gasteiger partial charge in [-0.15, -0.1) is 0 Å². The van der Waals surface area contributed by atoms with E-state index in [0.29, 0.717) is 5.56 Å². The first-order chi connectivity index (χ1) is 13.1. The zero-order valence-electron chi connectivity index (χ0n) is 14.1. The van der Waals surface area contributed by atoms with E-state index < -0.39 is 34.4 Å². The number of fused-ring (bicyclic) bond motifs is 1. The molecule has 0 unspecified atom stereocenters. The van der Waals surface area contributed by atoms with Crippen molar-refractivity contribution in [3.05, 3.63) is 107 Å². The summed E-state index contributed by atoms with van der Waals surface area (Å²) >= 11 is 0. The van der Waals surface area contributed by atoms with E-state index in [9.17, 15) is 17.6 Å². The van der Waals surface area contributed by atoms with Crippen LogP contribution in [-0.2, 0) is 6.42 Å². The van der Waals surface area contributed by atoms with Crippen LogP contribution in [0.4, 0.5) is 17.6 Å². The maximum Gasteiger partial charge on any atom is 0.170 e. The molecule has 0 spiro atoms. The summed E-state index contributed by atoms with van der Waals surface area (Å²) in [6.45, 7) is 0. The van der Waals surface area contributed by atoms with Gasteiger partial charge in [0.2, 0.25) is 0 Å². The van der Waals surface area contributed by atoms with Gasteiger partial charge in [0.1, 0.15) is 0 Å². The monoisotopic (exact) mass is 366 g/mol. The van der Waals surface area contributed by atoms with E-state index in [2.05, 4.69) is 0 Å². The Hall–Kier alpha value is -3.14. The van der Waals surface area contributed by atoms with Crippen molar-refractivity contribution >= 4 is 10.8 Å². The third kappa shape index (κ3) is 3.08. The van der Waals surface area contributed by atoms with Crippen LogP contribution in [0.25, 0.3) is 21.9 Å². The highest BCUT2D eigenvalue weighted by atomic mass is 19.2. The van der Waals surface area contributed by atoms with Crippen LogP contribution in [0.2, 0.25) is 0 Å². The van der Waals surface area contributed by atoms with Crippen LogP contribution in [0.5, 0.6) is 0 Å². The lowest BCUT2D eigenvalue weighted by Crippen LogP contribution is -2.07. The van der Waals surface area contributed by atoms with E-state index in [1.54, 1.807) is 48.5 Å². The first-order valence-corrected chi connectivity index (χ1v) is 8.44. The molecule has 0 atom stereocenters. The van der Waals surface area contributed by atoms with Crippen molar-refractivity contribution in [3.63, 3.8) is 0 Å². The van der Waals surface area contributed by atoms with E-state index in [0.717, 1.165) is 10.8 Å². The Morgan fingerprint density at radius 3 is 1.81 bits per heavy atom. The third-order valence-electron chi connectivity index (χ3n) is 4.62. The first kappa shape index (κ1) is 17.3. The molecule has 0 saturated carbocycles. The van der Waals surface area contributed by atoms with E-state index in [-0.39, 0.29) is 12.0 Å². The van der Waals surface area contributed by atoms with Gasteiger partial charge >= 0.3 is 0 Å². The number of rotatable bonds is 3. The molecule has 0 amide bonds. The standard InChI is InChI=1S/C23H14F4/c24-20-18(12-14-6-2-1-3-7-14)21(25)23(27)19(22(20)26)17-11-10-15-8-4-5-9-16(15)13-17/h1-11,13H,12H2. The number of hydrogen-bond donors (Lipinski definition) is 0. The molecule has 0 fully saturated rings. The normalized spacial score (nSPS) is 11.1. The Kier molecular flexibility index (Phi) is 4.40. The van der Waals surface area contributed by atoms with Crippen LogP contribution in [0.1, 0.15) is 11.1 Å². The van der Waals surface area contributed by atoms with Gasteiger partial charge in [-0.1, -0.05) is 66.7 Å². The van der Waals surface area contributed by atoms with Gasteiger partial charge in [-0.25, -0.2) is 17.6 Å². The summed E-state index contributed by atoms with van der Waals surface area (Å²) in [6, 6.07) is 20.3. The molecule has 4 rings (SSSR count). The molecule has 4 aromatic carbocycles. The second kappa shape index (κ2) is 6.88. The Balaban J connectivity index is 1.87. The van der Waals surface area contributed by atoms with Gasteiger partial charge in [0, 0.05) is 12.0 Å². The van der Waals surface area contributed by atoms with Gasteiger partial charge in [0.05, 0.1) is 5.56 Å². The summed E-state index contributed by atoms with van der Waals surface area (Å²) in [5, 5.41) is 1.59. The van der Waals surface area contributed by atoms with Crippen molar-refractivity contribution in [2.24, 2.45) is 0 Å². The minimum atomic E-state index is -1.38. The van der Waals surface area contributed by atoms with Crippen molar-refractivity contribution in [2.45, 2.75) is 6.42 Å². The van der Waals surface area contributed by atoms with Crippen molar-refractivity contribution < 1.29 is 17.6 Å². The lowest BCUT2D eigenvalue weighted by molar-refractivity contribution is 0.446. The van der Waals surface area contributed by atoms with Crippen molar-refractivity contribution in [1.29, 1.82) is 0 Å². The Labute approximate surface area is 153 Å². The summed E-state index contributed by atoms with van der Waals surface area (Å²) in [5.74, 6) is -5.48. The fourth-order valence-corrected chi connectivity index (χ4v) is 3.23. The molecule has 0 radical (unpaired) electrons. The zero-order chi connectivity index (χ0) is 19.0. The summed E-state index contributed by atoms with van der Waals surface area (Å²) in [6.07, 6.45) is -0.232. The second-order valence-electron chi connectivity index (χ2n) is 6.33. The first-order valence-electron chi connectivity index (χ1n) is 8.44. The van der Waals surface area contributed by atoms with Crippen LogP contribution in [0.15, 0.2) is 72.8 Å². The van der Waals surface area contributed by atoms with Gasteiger partial charge in [0.25, 0.3) is 0 Å². The second-order valence-corrected chi connectivity index (χ2v) is 6.33. The molecule has 0 N–H and O–H groups in total.